The number of hydrogen-bond donors (Lipinski definition) is 0. The van der Waals surface area contributed by atoms with Gasteiger partial charge in [-0.3, -0.25) is 0 Å². The molecule has 0 N–H and O–H groups in total. The molecule has 11 aromatic carbocycles. The van der Waals surface area contributed by atoms with Gasteiger partial charge in [-0.15, -0.1) is 0 Å². The van der Waals surface area contributed by atoms with E-state index in [0.717, 1.165) is 56.3 Å². The number of benzene rings is 11. The van der Waals surface area contributed by atoms with Gasteiger partial charge in [0.1, 0.15) is 0 Å². The minimum Gasteiger partial charge on any atom is -0.311 e. The van der Waals surface area contributed by atoms with Gasteiger partial charge in [-0.1, -0.05) is 231 Å². The molecular weight excluding hydrogens is 859 g/mol. The molecule has 0 radical (unpaired) electrons. The first-order chi connectivity index (χ1) is 35.2. The molecular formula is C68H47N3. The van der Waals surface area contributed by atoms with Crippen LogP contribution in [0.1, 0.15) is 0 Å². The van der Waals surface area contributed by atoms with Gasteiger partial charge >= 0.3 is 0 Å². The average Bonchev–Trinajstić information content (AvgIpc) is 3.46. The monoisotopic (exact) mass is 905 g/mol. The molecule has 12 rings (SSSR count). The smallest absolute Gasteiger partial charge is 0.160 e. The standard InChI is InChI=1S/C68H47N3/c1-4-15-48(16-5-1)57-23-12-25-59(45-57)52-35-41-62(42-36-52)71(63-43-37-53(38-44-63)60-26-13-24-58(46-60)49-17-6-2-7-18-49)61-39-33-51(34-40-61)50-29-31-55(32-30-50)66-47-67(70-68(69-66)56-20-8-3-9-21-56)65-28-14-22-54-19-10-11-27-64(54)65/h1-47H. The number of hydrogen-bond acceptors (Lipinski definition) is 3. The van der Waals surface area contributed by atoms with Gasteiger partial charge in [-0.25, -0.2) is 9.97 Å². The summed E-state index contributed by atoms with van der Waals surface area (Å²) in [4.78, 5) is 12.6. The van der Waals surface area contributed by atoms with Crippen LogP contribution in [0.15, 0.2) is 285 Å². The van der Waals surface area contributed by atoms with Crippen LogP contribution in [-0.4, -0.2) is 9.97 Å². The lowest BCUT2D eigenvalue weighted by molar-refractivity contribution is 1.18. The first kappa shape index (κ1) is 42.9. The molecule has 0 saturated heterocycles. The molecule has 0 bridgehead atoms. The van der Waals surface area contributed by atoms with Crippen molar-refractivity contribution in [1.82, 2.24) is 9.97 Å². The van der Waals surface area contributed by atoms with Crippen LogP contribution >= 0.6 is 0 Å². The summed E-state index contributed by atoms with van der Waals surface area (Å²) in [5.41, 5.74) is 19.9. The third-order valence-electron chi connectivity index (χ3n) is 13.3. The molecule has 0 spiro atoms. The van der Waals surface area contributed by atoms with Gasteiger partial charge in [0.25, 0.3) is 0 Å². The van der Waals surface area contributed by atoms with Gasteiger partial charge in [-0.05, 0) is 121 Å². The Kier molecular flexibility index (Phi) is 11.6. The van der Waals surface area contributed by atoms with Crippen molar-refractivity contribution in [3.05, 3.63) is 285 Å². The molecule has 0 aliphatic heterocycles. The van der Waals surface area contributed by atoms with E-state index < -0.39 is 0 Å². The van der Waals surface area contributed by atoms with Crippen molar-refractivity contribution in [2.75, 3.05) is 4.90 Å². The Morgan fingerprint density at radius 2 is 0.563 bits per heavy atom. The third-order valence-corrected chi connectivity index (χ3v) is 13.3. The van der Waals surface area contributed by atoms with E-state index in [9.17, 15) is 0 Å². The lowest BCUT2D eigenvalue weighted by Gasteiger charge is -2.26. The molecule has 1 heterocycles. The quantitative estimate of drug-likeness (QED) is 0.129. The number of fused-ring (bicyclic) bond motifs is 1. The Morgan fingerprint density at radius 3 is 1.06 bits per heavy atom. The first-order valence-corrected chi connectivity index (χ1v) is 24.1. The van der Waals surface area contributed by atoms with E-state index in [2.05, 4.69) is 272 Å². The molecule has 0 unspecified atom stereocenters. The minimum absolute atomic E-state index is 0.703. The lowest BCUT2D eigenvalue weighted by atomic mass is 9.98. The summed E-state index contributed by atoms with van der Waals surface area (Å²) in [6.07, 6.45) is 0. The van der Waals surface area contributed by atoms with E-state index >= 15 is 0 Å². The number of rotatable bonds is 11. The van der Waals surface area contributed by atoms with Crippen LogP contribution in [0.2, 0.25) is 0 Å². The largest absolute Gasteiger partial charge is 0.311 e. The second kappa shape index (κ2) is 19.3. The predicted molar refractivity (Wildman–Crippen MR) is 298 cm³/mol. The molecule has 1 aromatic heterocycles. The van der Waals surface area contributed by atoms with E-state index in [4.69, 9.17) is 9.97 Å². The molecule has 0 fully saturated rings. The molecule has 334 valence electrons. The third kappa shape index (κ3) is 9.04. The van der Waals surface area contributed by atoms with Crippen molar-refractivity contribution < 1.29 is 0 Å². The van der Waals surface area contributed by atoms with Gasteiger partial charge in [0.2, 0.25) is 0 Å². The van der Waals surface area contributed by atoms with Crippen molar-refractivity contribution in [2.24, 2.45) is 0 Å². The highest BCUT2D eigenvalue weighted by atomic mass is 15.1. The van der Waals surface area contributed by atoms with Crippen LogP contribution in [0.5, 0.6) is 0 Å². The van der Waals surface area contributed by atoms with Gasteiger partial charge in [0.05, 0.1) is 11.4 Å². The molecule has 0 aliphatic carbocycles. The van der Waals surface area contributed by atoms with Crippen LogP contribution in [0.3, 0.4) is 0 Å². The molecule has 0 atom stereocenters. The van der Waals surface area contributed by atoms with Gasteiger partial charge in [0, 0.05) is 33.8 Å². The maximum Gasteiger partial charge on any atom is 0.160 e. The molecule has 0 amide bonds. The minimum atomic E-state index is 0.703. The SMILES string of the molecule is c1ccc(-c2cccc(-c3ccc(N(c4ccc(-c5ccc(-c6cc(-c7cccc8ccccc78)nc(-c7ccccc7)n6)cc5)cc4)c4ccc(-c5cccc(-c6ccccc6)c5)cc4)cc3)c2)cc1. The average molecular weight is 906 g/mol. The van der Waals surface area contributed by atoms with Gasteiger partial charge < -0.3 is 4.90 Å². The van der Waals surface area contributed by atoms with Gasteiger partial charge in [-0.2, -0.15) is 0 Å². The van der Waals surface area contributed by atoms with Gasteiger partial charge in [0.15, 0.2) is 5.82 Å². The van der Waals surface area contributed by atoms with E-state index in [1.165, 1.54) is 55.3 Å². The number of anilines is 3. The van der Waals surface area contributed by atoms with Crippen LogP contribution in [0, 0.1) is 0 Å². The summed E-state index contributed by atoms with van der Waals surface area (Å²) in [6.45, 7) is 0. The lowest BCUT2D eigenvalue weighted by Crippen LogP contribution is -2.09. The summed E-state index contributed by atoms with van der Waals surface area (Å²) in [7, 11) is 0. The Bertz CT molecular complexity index is 3630. The molecule has 0 aliphatic rings. The highest BCUT2D eigenvalue weighted by Crippen LogP contribution is 2.39. The summed E-state index contributed by atoms with van der Waals surface area (Å²) in [5.74, 6) is 0.703. The Morgan fingerprint density at radius 1 is 0.225 bits per heavy atom. The van der Waals surface area contributed by atoms with Crippen LogP contribution < -0.4 is 4.90 Å². The molecule has 3 nitrogen and oxygen atoms in total. The zero-order valence-electron chi connectivity index (χ0n) is 39.0. The Balaban J connectivity index is 0.869. The topological polar surface area (TPSA) is 29.0 Å². The second-order valence-corrected chi connectivity index (χ2v) is 17.8. The fourth-order valence-electron chi connectivity index (χ4n) is 9.61. The van der Waals surface area contributed by atoms with Crippen molar-refractivity contribution in [3.8, 4) is 89.5 Å². The van der Waals surface area contributed by atoms with E-state index in [-0.39, 0.29) is 0 Å². The predicted octanol–water partition coefficient (Wildman–Crippen LogP) is 18.4. The summed E-state index contributed by atoms with van der Waals surface area (Å²) < 4.78 is 0. The first-order valence-electron chi connectivity index (χ1n) is 24.1. The Hall–Kier alpha value is -9.44. The Labute approximate surface area is 415 Å². The van der Waals surface area contributed by atoms with E-state index in [1.807, 2.05) is 18.2 Å². The number of nitrogens with zero attached hydrogens (tertiary/aromatic N) is 3. The fourth-order valence-corrected chi connectivity index (χ4v) is 9.61. The highest BCUT2D eigenvalue weighted by molar-refractivity contribution is 5.96. The van der Waals surface area contributed by atoms with Crippen molar-refractivity contribution in [2.45, 2.75) is 0 Å². The van der Waals surface area contributed by atoms with Crippen molar-refractivity contribution in [1.29, 1.82) is 0 Å². The molecule has 0 saturated carbocycles. The summed E-state index contributed by atoms with van der Waals surface area (Å²) in [6, 6.07) is 101. The highest BCUT2D eigenvalue weighted by Gasteiger charge is 2.16. The zero-order valence-corrected chi connectivity index (χ0v) is 39.0. The summed E-state index contributed by atoms with van der Waals surface area (Å²) >= 11 is 0. The summed E-state index contributed by atoms with van der Waals surface area (Å²) in [5, 5.41) is 2.35. The second-order valence-electron chi connectivity index (χ2n) is 17.8. The normalized spacial score (nSPS) is 11.1. The van der Waals surface area contributed by atoms with E-state index in [0.29, 0.717) is 5.82 Å². The van der Waals surface area contributed by atoms with Crippen molar-refractivity contribution >= 4 is 27.8 Å². The zero-order chi connectivity index (χ0) is 47.3. The molecule has 12 aromatic rings. The maximum absolute atomic E-state index is 5.13. The van der Waals surface area contributed by atoms with E-state index in [1.54, 1.807) is 0 Å². The fraction of sp³-hybridized carbons (Fsp3) is 0. The molecule has 71 heavy (non-hydrogen) atoms. The van der Waals surface area contributed by atoms with Crippen LogP contribution in [0.25, 0.3) is 100 Å². The van der Waals surface area contributed by atoms with Crippen LogP contribution in [-0.2, 0) is 0 Å². The van der Waals surface area contributed by atoms with Crippen molar-refractivity contribution in [3.63, 3.8) is 0 Å². The van der Waals surface area contributed by atoms with Crippen LogP contribution in [0.4, 0.5) is 17.1 Å². The number of aromatic nitrogens is 2. The maximum atomic E-state index is 5.13. The molecule has 3 heteroatoms.